The Morgan fingerprint density at radius 2 is 0.886 bits per heavy atom. The fourth-order valence-corrected chi connectivity index (χ4v) is 5.44. The van der Waals surface area contributed by atoms with Gasteiger partial charge in [0.15, 0.2) is 0 Å². The third kappa shape index (κ3) is 18.2. The Balaban J connectivity index is 2.22. The molecule has 0 aromatic carbocycles. The van der Waals surface area contributed by atoms with E-state index in [2.05, 4.69) is 42.3 Å². The quantitative estimate of drug-likeness (QED) is 0.0858. The maximum Gasteiger partial charge on any atom is 0.256 e. The Morgan fingerprint density at radius 1 is 0.486 bits per heavy atom. The Hall–Kier alpha value is -0.790. The van der Waals surface area contributed by atoms with Crippen LogP contribution in [0.3, 0.4) is 0 Å². The average Bonchev–Trinajstić information content (AvgIpc) is 3.25. The van der Waals surface area contributed by atoms with Crippen LogP contribution in [0.1, 0.15) is 181 Å². The van der Waals surface area contributed by atoms with E-state index in [1.807, 2.05) is 0 Å². The van der Waals surface area contributed by atoms with E-state index in [-0.39, 0.29) is 0 Å². The lowest BCUT2D eigenvalue weighted by Crippen LogP contribution is -2.37. The lowest BCUT2D eigenvalue weighted by Gasteiger charge is -2.07. The minimum absolute atomic E-state index is 1.22. The van der Waals surface area contributed by atoms with Gasteiger partial charge in [-0.2, -0.15) is 0 Å². The third-order valence-corrected chi connectivity index (χ3v) is 7.85. The molecule has 206 valence electrons. The van der Waals surface area contributed by atoms with Crippen LogP contribution in [0.5, 0.6) is 0 Å². The second-order valence-electron chi connectivity index (χ2n) is 11.3. The molecule has 1 heterocycles. The van der Waals surface area contributed by atoms with Gasteiger partial charge < -0.3 is 0 Å². The van der Waals surface area contributed by atoms with E-state index in [4.69, 9.17) is 0 Å². The van der Waals surface area contributed by atoms with E-state index in [9.17, 15) is 0 Å². The van der Waals surface area contributed by atoms with E-state index in [1.165, 1.54) is 174 Å². The van der Waals surface area contributed by atoms with Crippen molar-refractivity contribution < 1.29 is 4.57 Å². The smallest absolute Gasteiger partial charge is 0.234 e. The van der Waals surface area contributed by atoms with Crippen molar-refractivity contribution in [1.82, 2.24) is 4.57 Å². The van der Waals surface area contributed by atoms with Gasteiger partial charge in [-0.25, -0.2) is 9.13 Å². The zero-order valence-electron chi connectivity index (χ0n) is 24.6. The summed E-state index contributed by atoms with van der Waals surface area (Å²) in [5.41, 5.74) is 0. The van der Waals surface area contributed by atoms with Crippen LogP contribution >= 0.6 is 0 Å². The number of hydrogen-bond donors (Lipinski definition) is 0. The van der Waals surface area contributed by atoms with Gasteiger partial charge in [0.05, 0.1) is 13.1 Å². The lowest BCUT2D eigenvalue weighted by molar-refractivity contribution is -0.704. The number of aryl methyl sites for hydroxylation is 2. The minimum Gasteiger partial charge on any atom is -0.234 e. The monoisotopic (exact) mass is 490 g/mol. The number of imidazole rings is 1. The summed E-state index contributed by atoms with van der Waals surface area (Å²) >= 11 is 0. The standard InChI is InChI=1S/C33H65N2/c1-4-7-10-13-14-15-16-17-18-19-20-21-22-25-28-33-34(29-26-23-11-8-5-2)31-32-35(33)30-27-24-12-9-6-3/h31-32H,4-30H2,1-3H3/q+1. The summed E-state index contributed by atoms with van der Waals surface area (Å²) < 4.78 is 5.19. The molecule has 0 amide bonds. The number of hydrogen-bond acceptors (Lipinski definition) is 0. The van der Waals surface area contributed by atoms with Crippen LogP contribution in [0.15, 0.2) is 12.4 Å². The molecule has 35 heavy (non-hydrogen) atoms. The fourth-order valence-electron chi connectivity index (χ4n) is 5.44. The van der Waals surface area contributed by atoms with E-state index in [1.54, 1.807) is 5.82 Å². The number of aromatic nitrogens is 2. The van der Waals surface area contributed by atoms with Gasteiger partial charge in [-0.3, -0.25) is 0 Å². The molecule has 0 bridgehead atoms. The number of unbranched alkanes of at least 4 members (excludes halogenated alkanes) is 21. The second kappa shape index (κ2) is 24.9. The van der Waals surface area contributed by atoms with E-state index in [0.29, 0.717) is 0 Å². The Kier molecular flexibility index (Phi) is 22.9. The molecule has 0 unspecified atom stereocenters. The van der Waals surface area contributed by atoms with Crippen LogP contribution in [0.2, 0.25) is 0 Å². The summed E-state index contributed by atoms with van der Waals surface area (Å²) in [4.78, 5) is 0. The van der Waals surface area contributed by atoms with Gasteiger partial charge in [-0.15, -0.1) is 0 Å². The van der Waals surface area contributed by atoms with Gasteiger partial charge in [-0.05, 0) is 32.1 Å². The summed E-state index contributed by atoms with van der Waals surface area (Å²) in [5.74, 6) is 1.61. The molecular weight excluding hydrogens is 424 g/mol. The first-order valence-electron chi connectivity index (χ1n) is 16.4. The molecule has 2 heteroatoms. The molecule has 1 aromatic heterocycles. The highest BCUT2D eigenvalue weighted by Gasteiger charge is 2.16. The van der Waals surface area contributed by atoms with Gasteiger partial charge in [0, 0.05) is 6.42 Å². The maximum absolute atomic E-state index is 2.60. The molecule has 1 aromatic rings. The van der Waals surface area contributed by atoms with Crippen LogP contribution in [0, 0.1) is 0 Å². The first-order chi connectivity index (χ1) is 17.3. The summed E-state index contributed by atoms with van der Waals surface area (Å²) in [5, 5.41) is 0. The molecule has 0 saturated heterocycles. The van der Waals surface area contributed by atoms with Crippen LogP contribution in [-0.4, -0.2) is 4.57 Å². The van der Waals surface area contributed by atoms with Crippen molar-refractivity contribution in [2.24, 2.45) is 0 Å². The Morgan fingerprint density at radius 3 is 1.37 bits per heavy atom. The second-order valence-corrected chi connectivity index (χ2v) is 11.3. The van der Waals surface area contributed by atoms with E-state index >= 15 is 0 Å². The Bertz CT molecular complexity index is 516. The molecular formula is C33H65N2+. The van der Waals surface area contributed by atoms with E-state index in [0.717, 1.165) is 0 Å². The third-order valence-electron chi connectivity index (χ3n) is 7.85. The summed E-state index contributed by atoms with van der Waals surface area (Å²) in [6.07, 6.45) is 40.0. The maximum atomic E-state index is 2.60. The number of rotatable bonds is 27. The van der Waals surface area contributed by atoms with Crippen molar-refractivity contribution in [3.8, 4) is 0 Å². The van der Waals surface area contributed by atoms with Gasteiger partial charge >= 0.3 is 0 Å². The Labute approximate surface area is 221 Å². The lowest BCUT2D eigenvalue weighted by atomic mass is 10.0. The van der Waals surface area contributed by atoms with Crippen LogP contribution in [0.25, 0.3) is 0 Å². The largest absolute Gasteiger partial charge is 0.256 e. The highest BCUT2D eigenvalue weighted by Crippen LogP contribution is 2.14. The van der Waals surface area contributed by atoms with Crippen molar-refractivity contribution in [2.75, 3.05) is 0 Å². The zero-order valence-corrected chi connectivity index (χ0v) is 24.6. The molecule has 0 atom stereocenters. The van der Waals surface area contributed by atoms with Gasteiger partial charge in [0.2, 0.25) is 0 Å². The summed E-state index contributed by atoms with van der Waals surface area (Å²) in [6.45, 7) is 9.37. The molecule has 0 spiro atoms. The van der Waals surface area contributed by atoms with Crippen molar-refractivity contribution in [1.29, 1.82) is 0 Å². The van der Waals surface area contributed by atoms with Gasteiger partial charge in [-0.1, -0.05) is 143 Å². The average molecular weight is 490 g/mol. The van der Waals surface area contributed by atoms with Crippen molar-refractivity contribution in [3.63, 3.8) is 0 Å². The molecule has 0 radical (unpaired) electrons. The van der Waals surface area contributed by atoms with Crippen LogP contribution in [-0.2, 0) is 19.5 Å². The first-order valence-corrected chi connectivity index (χ1v) is 16.4. The minimum atomic E-state index is 1.22. The normalized spacial score (nSPS) is 11.5. The van der Waals surface area contributed by atoms with Crippen LogP contribution < -0.4 is 4.57 Å². The first kappa shape index (κ1) is 32.2. The molecule has 0 aliphatic heterocycles. The SMILES string of the molecule is CCCCCCCCCCCCCCCCc1n(CCCCCCC)cc[n+]1CCCCCCC. The van der Waals surface area contributed by atoms with Gasteiger partial charge in [0.1, 0.15) is 12.4 Å². The van der Waals surface area contributed by atoms with E-state index < -0.39 is 0 Å². The highest BCUT2D eigenvalue weighted by atomic mass is 15.1. The van der Waals surface area contributed by atoms with Crippen molar-refractivity contribution in [3.05, 3.63) is 18.2 Å². The summed E-state index contributed by atoms with van der Waals surface area (Å²) in [6, 6.07) is 0. The highest BCUT2D eigenvalue weighted by molar-refractivity contribution is 4.84. The molecule has 0 saturated carbocycles. The van der Waals surface area contributed by atoms with Crippen molar-refractivity contribution in [2.45, 2.75) is 194 Å². The van der Waals surface area contributed by atoms with Gasteiger partial charge in [0.25, 0.3) is 5.82 Å². The topological polar surface area (TPSA) is 8.81 Å². The predicted molar refractivity (Wildman–Crippen MR) is 156 cm³/mol. The molecule has 0 aliphatic carbocycles. The summed E-state index contributed by atoms with van der Waals surface area (Å²) in [7, 11) is 0. The molecule has 1 rings (SSSR count). The predicted octanol–water partition coefficient (Wildman–Crippen LogP) is 10.7. The van der Waals surface area contributed by atoms with Crippen LogP contribution in [0.4, 0.5) is 0 Å². The molecule has 0 aliphatic rings. The zero-order chi connectivity index (χ0) is 25.2. The molecule has 2 nitrogen and oxygen atoms in total. The molecule has 0 fully saturated rings. The van der Waals surface area contributed by atoms with Crippen molar-refractivity contribution >= 4 is 0 Å². The fraction of sp³-hybridized carbons (Fsp3) is 0.909. The number of nitrogens with zero attached hydrogens (tertiary/aromatic N) is 2. The molecule has 0 N–H and O–H groups in total.